The average Bonchev–Trinajstić information content (AvgIpc) is 3.02. The molecule has 2 rings (SSSR count). The summed E-state index contributed by atoms with van der Waals surface area (Å²) in [6, 6.07) is 0. The van der Waals surface area contributed by atoms with E-state index in [0.717, 1.165) is 43.7 Å². The van der Waals surface area contributed by atoms with E-state index in [2.05, 4.69) is 33.3 Å². The van der Waals surface area contributed by atoms with Crippen LogP contribution in [0.4, 0.5) is 0 Å². The molecule has 0 saturated heterocycles. The van der Waals surface area contributed by atoms with Crippen LogP contribution in [0.2, 0.25) is 0 Å². The Morgan fingerprint density at radius 3 is 2.88 bits per heavy atom. The molecule has 0 atom stereocenters. The number of unbranched alkanes of at least 4 members (excludes halogenated alkanes) is 1. The van der Waals surface area contributed by atoms with E-state index in [1.807, 2.05) is 17.6 Å². The number of nitrogens with one attached hydrogen (secondary N) is 1. The highest BCUT2D eigenvalue weighted by Gasteiger charge is 2.15. The van der Waals surface area contributed by atoms with E-state index < -0.39 is 0 Å². The van der Waals surface area contributed by atoms with E-state index in [1.54, 1.807) is 24.8 Å². The van der Waals surface area contributed by atoms with Gasteiger partial charge in [-0.15, -0.1) is 0 Å². The molecule has 0 bridgehead atoms. The number of amides is 1. The van der Waals surface area contributed by atoms with E-state index in [0.29, 0.717) is 12.2 Å². The van der Waals surface area contributed by atoms with Crippen molar-refractivity contribution in [2.75, 3.05) is 0 Å². The third kappa shape index (κ3) is 5.01. The van der Waals surface area contributed by atoms with Crippen molar-refractivity contribution in [1.29, 1.82) is 0 Å². The molecule has 0 aliphatic heterocycles. The van der Waals surface area contributed by atoms with Crippen molar-refractivity contribution in [1.82, 2.24) is 24.8 Å². The van der Waals surface area contributed by atoms with E-state index in [-0.39, 0.29) is 5.91 Å². The fourth-order valence-corrected chi connectivity index (χ4v) is 2.43. The van der Waals surface area contributed by atoms with Crippen molar-refractivity contribution in [3.8, 4) is 0 Å². The molecule has 0 unspecified atom stereocenters. The number of nitrogens with zero attached hydrogens (tertiary/aromatic N) is 4. The molecule has 2 heterocycles. The largest absolute Gasteiger partial charge is 0.345 e. The van der Waals surface area contributed by atoms with E-state index in [9.17, 15) is 4.79 Å². The molecule has 0 spiro atoms. The molecule has 0 radical (unpaired) electrons. The summed E-state index contributed by atoms with van der Waals surface area (Å²) in [6.07, 6.45) is 14.6. The van der Waals surface area contributed by atoms with Crippen LogP contribution in [0.3, 0.4) is 0 Å². The SMILES string of the molecule is C/C=C\CCn1c(C(=O)NCc2cnccn2)cnc1CCCC. The molecule has 128 valence electrons. The highest BCUT2D eigenvalue weighted by Crippen LogP contribution is 2.11. The number of rotatable bonds is 9. The summed E-state index contributed by atoms with van der Waals surface area (Å²) >= 11 is 0. The summed E-state index contributed by atoms with van der Waals surface area (Å²) in [7, 11) is 0. The van der Waals surface area contributed by atoms with Crippen LogP contribution in [-0.4, -0.2) is 25.4 Å². The number of carbonyl (C=O) groups is 1. The Kier molecular flexibility index (Phi) is 7.14. The van der Waals surface area contributed by atoms with E-state index in [1.165, 1.54) is 0 Å². The van der Waals surface area contributed by atoms with Crippen LogP contribution in [-0.2, 0) is 19.5 Å². The van der Waals surface area contributed by atoms with Gasteiger partial charge >= 0.3 is 0 Å². The lowest BCUT2D eigenvalue weighted by Gasteiger charge is -2.11. The second-order valence-electron chi connectivity index (χ2n) is 5.55. The molecule has 6 nitrogen and oxygen atoms in total. The number of imidazole rings is 1. The van der Waals surface area contributed by atoms with Gasteiger partial charge in [0.15, 0.2) is 0 Å². The number of hydrogen-bond acceptors (Lipinski definition) is 4. The van der Waals surface area contributed by atoms with Gasteiger partial charge in [0.1, 0.15) is 11.5 Å². The molecule has 0 aromatic carbocycles. The average molecular weight is 327 g/mol. The van der Waals surface area contributed by atoms with Gasteiger partial charge in [-0.3, -0.25) is 14.8 Å². The Morgan fingerprint density at radius 1 is 1.29 bits per heavy atom. The van der Waals surface area contributed by atoms with Gasteiger partial charge in [0.05, 0.1) is 24.6 Å². The van der Waals surface area contributed by atoms with Crippen molar-refractivity contribution in [2.45, 2.75) is 52.6 Å². The molecule has 0 aliphatic carbocycles. The number of allylic oxidation sites excluding steroid dienone is 2. The van der Waals surface area contributed by atoms with E-state index in [4.69, 9.17) is 0 Å². The standard InChI is InChI=1S/C18H25N5O/c1-3-5-7-11-23-16(14-21-17(23)8-6-4-2)18(24)22-13-15-12-19-9-10-20-15/h3,5,9-10,12,14H,4,6-8,11,13H2,1-2H3,(H,22,24)/b5-3-. The maximum atomic E-state index is 12.5. The molecule has 1 amide bonds. The molecule has 6 heteroatoms. The summed E-state index contributed by atoms with van der Waals surface area (Å²) in [6.45, 7) is 5.27. The lowest BCUT2D eigenvalue weighted by atomic mass is 10.2. The Balaban J connectivity index is 2.08. The summed E-state index contributed by atoms with van der Waals surface area (Å²) in [5.74, 6) is 0.849. The van der Waals surface area contributed by atoms with Crippen molar-refractivity contribution in [3.05, 3.63) is 54.2 Å². The highest BCUT2D eigenvalue weighted by molar-refractivity contribution is 5.92. The second kappa shape index (κ2) is 9.60. The first-order valence-electron chi connectivity index (χ1n) is 8.44. The number of hydrogen-bond donors (Lipinski definition) is 1. The van der Waals surface area contributed by atoms with Gasteiger partial charge in [0.2, 0.25) is 0 Å². The lowest BCUT2D eigenvalue weighted by molar-refractivity contribution is 0.0940. The molecule has 24 heavy (non-hydrogen) atoms. The highest BCUT2D eigenvalue weighted by atomic mass is 16.1. The van der Waals surface area contributed by atoms with Crippen LogP contribution in [0.25, 0.3) is 0 Å². The van der Waals surface area contributed by atoms with Gasteiger partial charge in [0, 0.05) is 25.4 Å². The minimum Gasteiger partial charge on any atom is -0.345 e. The van der Waals surface area contributed by atoms with Crippen LogP contribution in [0.1, 0.15) is 55.1 Å². The molecule has 0 fully saturated rings. The summed E-state index contributed by atoms with van der Waals surface area (Å²) < 4.78 is 2.03. The zero-order valence-corrected chi connectivity index (χ0v) is 14.4. The summed E-state index contributed by atoms with van der Waals surface area (Å²) in [4.78, 5) is 25.1. The van der Waals surface area contributed by atoms with Gasteiger partial charge < -0.3 is 9.88 Å². The third-order valence-electron chi connectivity index (χ3n) is 3.73. The van der Waals surface area contributed by atoms with Gasteiger partial charge in [-0.2, -0.15) is 0 Å². The molecule has 0 aliphatic rings. The second-order valence-corrected chi connectivity index (χ2v) is 5.55. The Labute approximate surface area is 143 Å². The van der Waals surface area contributed by atoms with Crippen LogP contribution in [0.5, 0.6) is 0 Å². The molecular weight excluding hydrogens is 302 g/mol. The number of carbonyl (C=O) groups excluding carboxylic acids is 1. The normalized spacial score (nSPS) is 11.1. The zero-order chi connectivity index (χ0) is 17.2. The van der Waals surface area contributed by atoms with Crippen molar-refractivity contribution < 1.29 is 4.79 Å². The predicted molar refractivity (Wildman–Crippen MR) is 93.5 cm³/mol. The zero-order valence-electron chi connectivity index (χ0n) is 14.4. The van der Waals surface area contributed by atoms with Crippen LogP contribution < -0.4 is 5.32 Å². The van der Waals surface area contributed by atoms with Gasteiger partial charge in [-0.25, -0.2) is 4.98 Å². The minimum absolute atomic E-state index is 0.128. The molecule has 0 saturated carbocycles. The molecular formula is C18H25N5O. The predicted octanol–water partition coefficient (Wildman–Crippen LogP) is 2.91. The lowest BCUT2D eigenvalue weighted by Crippen LogP contribution is -2.26. The van der Waals surface area contributed by atoms with Crippen LogP contribution >= 0.6 is 0 Å². The minimum atomic E-state index is -0.128. The maximum Gasteiger partial charge on any atom is 0.269 e. The number of aromatic nitrogens is 4. The Hall–Kier alpha value is -2.50. The fourth-order valence-electron chi connectivity index (χ4n) is 2.43. The van der Waals surface area contributed by atoms with Crippen LogP contribution in [0.15, 0.2) is 36.9 Å². The summed E-state index contributed by atoms with van der Waals surface area (Å²) in [5, 5.41) is 2.90. The van der Waals surface area contributed by atoms with Crippen molar-refractivity contribution >= 4 is 5.91 Å². The molecule has 1 N–H and O–H groups in total. The van der Waals surface area contributed by atoms with Crippen LogP contribution in [0, 0.1) is 0 Å². The molecule has 2 aromatic heterocycles. The summed E-state index contributed by atoms with van der Waals surface area (Å²) in [5.41, 5.74) is 1.34. The third-order valence-corrected chi connectivity index (χ3v) is 3.73. The quantitative estimate of drug-likeness (QED) is 0.719. The first-order valence-corrected chi connectivity index (χ1v) is 8.44. The van der Waals surface area contributed by atoms with Gasteiger partial charge in [-0.1, -0.05) is 25.5 Å². The monoisotopic (exact) mass is 327 g/mol. The first-order chi connectivity index (χ1) is 11.8. The first kappa shape index (κ1) is 17.8. The van der Waals surface area contributed by atoms with Crippen molar-refractivity contribution in [3.63, 3.8) is 0 Å². The Bertz CT molecular complexity index is 663. The number of aryl methyl sites for hydroxylation is 1. The molecule has 2 aromatic rings. The van der Waals surface area contributed by atoms with Crippen molar-refractivity contribution in [2.24, 2.45) is 0 Å². The van der Waals surface area contributed by atoms with Gasteiger partial charge in [-0.05, 0) is 19.8 Å². The maximum absolute atomic E-state index is 12.5. The van der Waals surface area contributed by atoms with E-state index >= 15 is 0 Å². The topological polar surface area (TPSA) is 72.7 Å². The Morgan fingerprint density at radius 2 is 2.17 bits per heavy atom. The smallest absolute Gasteiger partial charge is 0.269 e. The van der Waals surface area contributed by atoms with Gasteiger partial charge in [0.25, 0.3) is 5.91 Å². The fraction of sp³-hybridized carbons (Fsp3) is 0.444.